The molecule has 2 atom stereocenters. The van der Waals surface area contributed by atoms with Gasteiger partial charge in [-0.3, -0.25) is 0 Å². The summed E-state index contributed by atoms with van der Waals surface area (Å²) in [6.07, 6.45) is 2.81. The van der Waals surface area contributed by atoms with Gasteiger partial charge in [0.1, 0.15) is 0 Å². The molecule has 0 saturated carbocycles. The maximum atomic E-state index is 8.98. The smallest absolute Gasteiger partial charge is 0.0524 e. The van der Waals surface area contributed by atoms with Crippen LogP contribution in [0.1, 0.15) is 20.3 Å². The number of aliphatic hydroxyl groups excluding tert-OH is 1. The van der Waals surface area contributed by atoms with E-state index in [9.17, 15) is 0 Å². The normalized spacial score (nSPS) is 16.0. The fourth-order valence-electron chi connectivity index (χ4n) is 1.00. The molecule has 0 heterocycles. The van der Waals surface area contributed by atoms with Gasteiger partial charge in [-0.25, -0.2) is 0 Å². The van der Waals surface area contributed by atoms with Gasteiger partial charge in [0, 0.05) is 0 Å². The van der Waals surface area contributed by atoms with E-state index in [2.05, 4.69) is 18.5 Å². The lowest BCUT2D eigenvalue weighted by atomic mass is 10.2. The number of hydrogen-bond acceptors (Lipinski definition) is 3. The average Bonchev–Trinajstić information content (AvgIpc) is 1.98. The zero-order valence-corrected chi connectivity index (χ0v) is 9.16. The molecule has 3 heteroatoms. The molecule has 74 valence electrons. The quantitative estimate of drug-likeness (QED) is 0.596. The number of hydrogen-bond donors (Lipinski definition) is 2. The molecule has 0 aliphatic heterocycles. The molecule has 0 aliphatic carbocycles. The Morgan fingerprint density at radius 3 is 2.58 bits per heavy atom. The molecule has 0 radical (unpaired) electrons. The summed E-state index contributed by atoms with van der Waals surface area (Å²) in [5, 5.41) is 12.3. The molecule has 0 aliphatic rings. The fourth-order valence-corrected chi connectivity index (χ4v) is 1.69. The summed E-state index contributed by atoms with van der Waals surface area (Å²) >= 11 is 1.88. The maximum absolute atomic E-state index is 8.98. The number of nitrogens with one attached hydrogen (secondary N) is 1. The molecule has 0 bridgehead atoms. The molecule has 0 aromatic carbocycles. The van der Waals surface area contributed by atoms with Crippen molar-refractivity contribution >= 4 is 11.8 Å². The number of thioether (sulfide) groups is 1. The van der Waals surface area contributed by atoms with E-state index in [1.165, 1.54) is 5.75 Å². The Kier molecular flexibility index (Phi) is 8.07. The molecule has 2 nitrogen and oxygen atoms in total. The van der Waals surface area contributed by atoms with Crippen LogP contribution < -0.4 is 5.32 Å². The van der Waals surface area contributed by atoms with Crippen LogP contribution in [0.5, 0.6) is 0 Å². The zero-order valence-electron chi connectivity index (χ0n) is 8.34. The molecule has 0 fully saturated rings. The first-order valence-electron chi connectivity index (χ1n) is 4.54. The van der Waals surface area contributed by atoms with E-state index in [0.29, 0.717) is 0 Å². The van der Waals surface area contributed by atoms with Gasteiger partial charge in [-0.1, -0.05) is 6.92 Å². The van der Waals surface area contributed by atoms with E-state index in [-0.39, 0.29) is 6.10 Å². The first-order chi connectivity index (χ1) is 5.66. The van der Waals surface area contributed by atoms with Crippen LogP contribution in [-0.4, -0.2) is 36.3 Å². The van der Waals surface area contributed by atoms with Gasteiger partial charge in [0.2, 0.25) is 0 Å². The molecular weight excluding hydrogens is 170 g/mol. The monoisotopic (exact) mass is 191 g/mol. The number of aliphatic hydroxyl groups is 1. The lowest BCUT2D eigenvalue weighted by molar-refractivity contribution is 0.183. The maximum Gasteiger partial charge on any atom is 0.0524 e. The van der Waals surface area contributed by atoms with Gasteiger partial charge in [-0.15, -0.1) is 0 Å². The van der Waals surface area contributed by atoms with E-state index >= 15 is 0 Å². The Balaban J connectivity index is 3.08. The van der Waals surface area contributed by atoms with E-state index < -0.39 is 0 Å². The molecule has 0 spiro atoms. The summed E-state index contributed by atoms with van der Waals surface area (Å²) in [6, 6.07) is 0. The second-order valence-electron chi connectivity index (χ2n) is 3.40. The molecule has 0 amide bonds. The van der Waals surface area contributed by atoms with Crippen molar-refractivity contribution in [2.24, 2.45) is 5.92 Å². The van der Waals surface area contributed by atoms with Crippen LogP contribution >= 0.6 is 11.8 Å². The van der Waals surface area contributed by atoms with Crippen molar-refractivity contribution in [3.63, 3.8) is 0 Å². The van der Waals surface area contributed by atoms with Crippen LogP contribution in [0, 0.1) is 5.92 Å². The van der Waals surface area contributed by atoms with Crippen molar-refractivity contribution in [2.75, 3.05) is 25.1 Å². The molecule has 2 unspecified atom stereocenters. The largest absolute Gasteiger partial charge is 0.393 e. The number of rotatable bonds is 7. The first kappa shape index (κ1) is 12.3. The van der Waals surface area contributed by atoms with Crippen LogP contribution in [0.4, 0.5) is 0 Å². The van der Waals surface area contributed by atoms with Gasteiger partial charge in [0.25, 0.3) is 0 Å². The average molecular weight is 191 g/mol. The van der Waals surface area contributed by atoms with Crippen molar-refractivity contribution in [1.29, 1.82) is 0 Å². The first-order valence-corrected chi connectivity index (χ1v) is 5.94. The van der Waals surface area contributed by atoms with Gasteiger partial charge in [-0.05, 0) is 44.4 Å². The highest BCUT2D eigenvalue weighted by molar-refractivity contribution is 7.98. The lowest BCUT2D eigenvalue weighted by Gasteiger charge is -2.11. The summed E-state index contributed by atoms with van der Waals surface area (Å²) in [6.45, 7) is 6.06. The third kappa shape index (κ3) is 8.37. The van der Waals surface area contributed by atoms with Crippen molar-refractivity contribution in [3.8, 4) is 0 Å². The van der Waals surface area contributed by atoms with Gasteiger partial charge in [0.15, 0.2) is 0 Å². The molecule has 2 N–H and O–H groups in total. The Morgan fingerprint density at radius 1 is 1.42 bits per heavy atom. The summed E-state index contributed by atoms with van der Waals surface area (Å²) in [5.41, 5.74) is 0. The standard InChI is InChI=1S/C9H21NOS/c1-8(7-12-3)6-10-5-4-9(2)11/h8-11H,4-7H2,1-3H3. The summed E-state index contributed by atoms with van der Waals surface area (Å²) in [5.74, 6) is 1.94. The zero-order chi connectivity index (χ0) is 9.40. The van der Waals surface area contributed by atoms with Crippen molar-refractivity contribution < 1.29 is 5.11 Å². The topological polar surface area (TPSA) is 32.3 Å². The molecule has 12 heavy (non-hydrogen) atoms. The van der Waals surface area contributed by atoms with E-state index in [0.717, 1.165) is 25.4 Å². The molecule has 0 aromatic rings. The summed E-state index contributed by atoms with van der Waals surface area (Å²) in [7, 11) is 0. The summed E-state index contributed by atoms with van der Waals surface area (Å²) in [4.78, 5) is 0. The van der Waals surface area contributed by atoms with Crippen molar-refractivity contribution in [1.82, 2.24) is 5.32 Å². The van der Waals surface area contributed by atoms with E-state index in [1.807, 2.05) is 18.7 Å². The molecule has 0 rings (SSSR count). The second kappa shape index (κ2) is 7.90. The Bertz CT molecular complexity index is 98.5. The Hall–Kier alpha value is 0.270. The van der Waals surface area contributed by atoms with Crippen molar-refractivity contribution in [3.05, 3.63) is 0 Å². The highest BCUT2D eigenvalue weighted by Crippen LogP contribution is 2.02. The van der Waals surface area contributed by atoms with Crippen LogP contribution in [0.3, 0.4) is 0 Å². The minimum absolute atomic E-state index is 0.173. The van der Waals surface area contributed by atoms with Crippen LogP contribution in [0.25, 0.3) is 0 Å². The van der Waals surface area contributed by atoms with Crippen molar-refractivity contribution in [2.45, 2.75) is 26.4 Å². The SMILES string of the molecule is CSCC(C)CNCCC(C)O. The summed E-state index contributed by atoms with van der Waals surface area (Å²) < 4.78 is 0. The third-order valence-corrected chi connectivity index (χ3v) is 2.59. The second-order valence-corrected chi connectivity index (χ2v) is 4.31. The lowest BCUT2D eigenvalue weighted by Crippen LogP contribution is -2.25. The van der Waals surface area contributed by atoms with Crippen LogP contribution in [0.15, 0.2) is 0 Å². The van der Waals surface area contributed by atoms with Gasteiger partial charge in [0.05, 0.1) is 6.10 Å². The Morgan fingerprint density at radius 2 is 2.08 bits per heavy atom. The van der Waals surface area contributed by atoms with Crippen LogP contribution in [0.2, 0.25) is 0 Å². The Labute approximate surface area is 80.1 Å². The highest BCUT2D eigenvalue weighted by Gasteiger charge is 2.00. The van der Waals surface area contributed by atoms with Gasteiger partial charge >= 0.3 is 0 Å². The fraction of sp³-hybridized carbons (Fsp3) is 1.00. The highest BCUT2D eigenvalue weighted by atomic mass is 32.2. The minimum atomic E-state index is -0.173. The van der Waals surface area contributed by atoms with Gasteiger partial charge in [-0.2, -0.15) is 11.8 Å². The van der Waals surface area contributed by atoms with Crippen LogP contribution in [-0.2, 0) is 0 Å². The minimum Gasteiger partial charge on any atom is -0.393 e. The third-order valence-electron chi connectivity index (χ3n) is 1.68. The van der Waals surface area contributed by atoms with E-state index in [4.69, 9.17) is 5.11 Å². The molecule has 0 saturated heterocycles. The van der Waals surface area contributed by atoms with Gasteiger partial charge < -0.3 is 10.4 Å². The predicted octanol–water partition coefficient (Wildman–Crippen LogP) is 1.35. The molecular formula is C9H21NOS. The molecule has 0 aromatic heterocycles. The van der Waals surface area contributed by atoms with E-state index in [1.54, 1.807) is 0 Å². The predicted molar refractivity (Wildman–Crippen MR) is 56.7 cm³/mol.